The summed E-state index contributed by atoms with van der Waals surface area (Å²) in [6.07, 6.45) is 3.89. The van der Waals surface area contributed by atoms with Crippen LogP contribution in [-0.2, 0) is 95.2 Å². The number of quaternary nitrogens is 1. The molecule has 1 rings (SSSR count). The molecule has 0 unspecified atom stereocenters. The number of hydrogen-bond acceptors (Lipinski definition) is 22. The van der Waals surface area contributed by atoms with Gasteiger partial charge in [0.25, 0.3) is 10.1 Å². The van der Waals surface area contributed by atoms with E-state index in [1.165, 1.54) is 24.3 Å². The molecule has 0 fully saturated rings. The molecule has 26 nitrogen and oxygen atoms in total. The molecule has 0 saturated heterocycles. The summed E-state index contributed by atoms with van der Waals surface area (Å²) in [4.78, 5) is 102. The van der Waals surface area contributed by atoms with E-state index >= 15 is 0 Å². The molecule has 0 saturated carbocycles. The number of ether oxygens (including phenoxy) is 8. The molecule has 0 spiro atoms. The number of alkyl carbamates (subject to hydrolysis) is 2. The molecule has 0 aliphatic heterocycles. The van der Waals surface area contributed by atoms with Crippen LogP contribution in [0.4, 0.5) is 9.59 Å². The zero-order chi connectivity index (χ0) is 67.2. The van der Waals surface area contributed by atoms with Crippen molar-refractivity contribution in [1.82, 2.24) is 10.6 Å². The minimum atomic E-state index is -4.02. The number of nitrogens with one attached hydrogen (secondary N) is 2. The largest absolute Gasteiger partial charge is 0.466 e. The molecule has 85 heavy (non-hydrogen) atoms. The second kappa shape index (κ2) is 41.7. The Labute approximate surface area is 503 Å². The van der Waals surface area contributed by atoms with E-state index in [2.05, 4.69) is 21.1 Å². The smallest absolute Gasteiger partial charge is 0.408 e. The fraction of sp³-hybridized carbons (Fsp3) is 0.667. The van der Waals surface area contributed by atoms with Crippen LogP contribution in [0.3, 0.4) is 0 Å². The van der Waals surface area contributed by atoms with Gasteiger partial charge in [-0.1, -0.05) is 23.8 Å². The molecule has 1 aromatic carbocycles. The van der Waals surface area contributed by atoms with Crippen molar-refractivity contribution in [2.24, 2.45) is 0 Å². The van der Waals surface area contributed by atoms with Crippen LogP contribution in [0.2, 0.25) is 0 Å². The first-order valence-corrected chi connectivity index (χ1v) is 30.4. The zero-order valence-electron chi connectivity index (χ0n) is 53.8. The fourth-order valence-electron chi connectivity index (χ4n) is 5.40. The van der Waals surface area contributed by atoms with E-state index in [-0.39, 0.29) is 68.8 Å². The third-order valence-corrected chi connectivity index (χ3v) is 11.0. The summed E-state index contributed by atoms with van der Waals surface area (Å²) in [7, 11) is -7.30. The van der Waals surface area contributed by atoms with Gasteiger partial charge in [0.15, 0.2) is 0 Å². The highest BCUT2D eigenvalue weighted by Crippen LogP contribution is 2.47. The lowest BCUT2D eigenvalue weighted by molar-refractivity contribution is -0.402. The second-order valence-electron chi connectivity index (χ2n) is 22.7. The van der Waals surface area contributed by atoms with Crippen LogP contribution in [0.25, 0.3) is 0 Å². The lowest BCUT2D eigenvalue weighted by atomic mass is 10.1. The molecule has 0 heterocycles. The van der Waals surface area contributed by atoms with Gasteiger partial charge in [-0.05, 0) is 164 Å². The first-order valence-electron chi connectivity index (χ1n) is 27.3. The van der Waals surface area contributed by atoms with Gasteiger partial charge in [-0.3, -0.25) is 28.3 Å². The molecule has 28 heteroatoms. The van der Waals surface area contributed by atoms with Gasteiger partial charge in [0.05, 0.1) is 62.9 Å². The Kier molecular flexibility index (Phi) is 41.8. The number of carbonyl (C=O) groups is 9. The molecule has 0 aliphatic carbocycles. The molecular formula is C57H99N3O23PS+. The Morgan fingerprint density at radius 2 is 0.871 bits per heavy atom. The number of rotatable bonds is 23. The van der Waals surface area contributed by atoms with E-state index in [0.29, 0.717) is 12.9 Å². The molecule has 1 aromatic rings. The van der Waals surface area contributed by atoms with Gasteiger partial charge in [-0.15, -0.1) is 0 Å². The topological polar surface area (TPSA) is 369 Å². The fourth-order valence-corrected chi connectivity index (χ4v) is 7.33. The lowest BCUT2D eigenvalue weighted by Gasteiger charge is -2.23. The first-order chi connectivity index (χ1) is 38.6. The van der Waals surface area contributed by atoms with Gasteiger partial charge < -0.3 is 68.1 Å². The highest BCUT2D eigenvalue weighted by Gasteiger charge is 2.29. The third kappa shape index (κ3) is 56.6. The Bertz CT molecular complexity index is 2360. The maximum absolute atomic E-state index is 11.9. The van der Waals surface area contributed by atoms with Crippen molar-refractivity contribution < 1.29 is 113 Å². The molecule has 0 aromatic heterocycles. The average Bonchev–Trinajstić information content (AvgIpc) is 3.29. The van der Waals surface area contributed by atoms with Gasteiger partial charge in [0, 0.05) is 12.2 Å². The van der Waals surface area contributed by atoms with Crippen LogP contribution in [0.5, 0.6) is 0 Å². The van der Waals surface area contributed by atoms with Gasteiger partial charge in [-0.2, -0.15) is 8.42 Å². The van der Waals surface area contributed by atoms with Crippen LogP contribution >= 0.6 is 7.60 Å². The minimum Gasteiger partial charge on any atom is -0.466 e. The number of carbonyl (C=O) groups excluding carboxylic acids is 9. The summed E-state index contributed by atoms with van der Waals surface area (Å²) >= 11 is 0. The zero-order valence-corrected chi connectivity index (χ0v) is 55.5. The van der Waals surface area contributed by atoms with Crippen molar-refractivity contribution in [1.29, 1.82) is 0 Å². The van der Waals surface area contributed by atoms with E-state index < -0.39 is 99.8 Å². The highest BCUT2D eigenvalue weighted by atomic mass is 32.2. The number of benzene rings is 1. The Hall–Kier alpha value is -6.25. The van der Waals surface area contributed by atoms with E-state index in [9.17, 15) is 56.1 Å². The Morgan fingerprint density at radius 3 is 1.20 bits per heavy atom. The van der Waals surface area contributed by atoms with Crippen molar-refractivity contribution in [3.63, 3.8) is 0 Å². The van der Waals surface area contributed by atoms with Gasteiger partial charge in [0.2, 0.25) is 0 Å². The molecule has 6 N–H and O–H groups in total. The van der Waals surface area contributed by atoms with Crippen LogP contribution in [0.15, 0.2) is 53.5 Å². The van der Waals surface area contributed by atoms with Crippen LogP contribution in [-0.4, -0.2) is 153 Å². The molecule has 0 aliphatic rings. The maximum atomic E-state index is 11.9. The van der Waals surface area contributed by atoms with Crippen molar-refractivity contribution in [3.05, 3.63) is 54.1 Å². The summed E-state index contributed by atoms with van der Waals surface area (Å²) in [5.41, 5.74) is 1.59. The lowest BCUT2D eigenvalue weighted by Crippen LogP contribution is -2.60. The normalized spacial score (nSPS) is 12.8. The molecule has 0 radical (unpaired) electrons. The summed E-state index contributed by atoms with van der Waals surface area (Å²) in [5, 5.41) is 4.84. The first kappa shape index (κ1) is 85.2. The summed E-state index contributed by atoms with van der Waals surface area (Å²) in [5.74, 6) is -2.93. The molecular weight excluding hydrogens is 1160 g/mol. The number of amides is 2. The summed E-state index contributed by atoms with van der Waals surface area (Å²) in [6.45, 7) is 37.8. The van der Waals surface area contributed by atoms with Gasteiger partial charge >= 0.3 is 55.6 Å². The van der Waals surface area contributed by atoms with Crippen LogP contribution in [0.1, 0.15) is 163 Å². The predicted octanol–water partition coefficient (Wildman–Crippen LogP) is 8.05. The summed E-state index contributed by atoms with van der Waals surface area (Å²) in [6, 6.07) is 3.99. The number of esters is 6. The highest BCUT2D eigenvalue weighted by molar-refractivity contribution is 7.85. The maximum Gasteiger partial charge on any atom is 0.408 e. The number of hydrogen-bond donors (Lipinski definition) is 4. The minimum absolute atomic E-state index is 0.0666. The molecule has 490 valence electrons. The van der Waals surface area contributed by atoms with E-state index in [1.54, 1.807) is 157 Å². The van der Waals surface area contributed by atoms with Crippen LogP contribution in [0, 0.1) is 6.92 Å². The third-order valence-electron chi connectivity index (χ3n) is 8.17. The standard InChI is InChI=1S/C17H29NO6.C13H23NO5.C12H21NO4.C8H17O5P.C7H8O3S/c1-8-22-13(19)10-9-12(11-14(20)23-16(2,3)4)18-15(21)24-17(5,6)7;1-12(2,3)18-10(16)7-9(8-15)14-11(17)19-13(4,5)6;1-5-16-10(14)7-6-9(13)8-11(15)17-12(2,3)4;1-4-11-8(9)7-14(10,12-5-2)13-6-3;1-6-2-4-7(5-3-6)11(8,9)10/h9-10,12H,8,11H2,1-7H3,(H,18,21);8-9H,7H2,1-6H3,(H,14,17);6-7,9H,5,8,13H2,1-4H3;4-7H2,1-3H3;2-5H,1H3,(H,8,9,10)/p+1/b10-9+;;7-6+;;/t12-;2*9-;;/m101../s1. The number of aldehydes is 1. The summed E-state index contributed by atoms with van der Waals surface area (Å²) < 4.78 is 90.9. The van der Waals surface area contributed by atoms with Crippen LogP contribution < -0.4 is 16.4 Å². The van der Waals surface area contributed by atoms with Crippen molar-refractivity contribution in [2.45, 2.75) is 216 Å². The average molecular weight is 1260 g/mol. The van der Waals surface area contributed by atoms with Gasteiger partial charge in [-0.25, -0.2) is 19.2 Å². The van der Waals surface area contributed by atoms with E-state index in [0.717, 1.165) is 11.6 Å². The quantitative estimate of drug-likeness (QED) is 0.0201. The SMILES string of the molecule is CC(C)(C)OC(=O)C[C@@H](C=O)NC(=O)OC(C)(C)C.CCOC(=O)/C=C/[C@@H]([NH3+])CC(=O)OC(C)(C)C.CCOC(=O)/C=C/[C@H](CC(=O)OC(C)(C)C)NC(=O)OC(C)(C)C.CCOC(=O)CP(=O)(OCC)OCC.Cc1ccc(S(=O)(=O)O)cc1. The Morgan fingerprint density at radius 1 is 0.529 bits per heavy atom. The van der Waals surface area contributed by atoms with Gasteiger partial charge in [0.1, 0.15) is 52.9 Å². The van der Waals surface area contributed by atoms with Crippen molar-refractivity contribution in [2.75, 3.05) is 39.2 Å². The predicted molar refractivity (Wildman–Crippen MR) is 315 cm³/mol. The molecule has 0 bridgehead atoms. The molecule has 2 amide bonds. The number of aryl methyl sites for hydroxylation is 1. The van der Waals surface area contributed by atoms with Crippen molar-refractivity contribution in [3.8, 4) is 0 Å². The molecule has 3 atom stereocenters. The second-order valence-corrected chi connectivity index (χ2v) is 26.2. The monoisotopic (exact) mass is 1260 g/mol. The van der Waals surface area contributed by atoms with E-state index in [1.807, 2.05) is 6.92 Å². The Balaban J connectivity index is -0.000000493. The van der Waals surface area contributed by atoms with Crippen molar-refractivity contribution >= 4 is 72.0 Å². The van der Waals surface area contributed by atoms with E-state index in [4.69, 9.17) is 46.8 Å².